The van der Waals surface area contributed by atoms with Gasteiger partial charge in [-0.1, -0.05) is 96.1 Å². The average Bonchev–Trinajstić information content (AvgIpc) is 2.99. The summed E-state index contributed by atoms with van der Waals surface area (Å²) in [5.74, 6) is 0. The van der Waals surface area contributed by atoms with Crippen molar-refractivity contribution in [2.24, 2.45) is 5.11 Å². The van der Waals surface area contributed by atoms with Gasteiger partial charge in [0, 0.05) is 23.1 Å². The molecule has 204 valence electrons. The van der Waals surface area contributed by atoms with Crippen LogP contribution in [0.5, 0.6) is 0 Å². The zero-order valence-corrected chi connectivity index (χ0v) is 21.8. The number of nitrogens with one attached hydrogen (secondary N) is 1. The van der Waals surface area contributed by atoms with Gasteiger partial charge in [-0.15, -0.1) is 0 Å². The Morgan fingerprint density at radius 2 is 1.52 bits per heavy atom. The number of H-pyrrole nitrogens is 1. The van der Waals surface area contributed by atoms with E-state index in [2.05, 4.69) is 15.0 Å². The normalized spacial score (nSPS) is 20.9. The lowest BCUT2D eigenvalue weighted by Gasteiger charge is -2.41. The van der Waals surface area contributed by atoms with Gasteiger partial charge in [-0.05, 0) is 29.1 Å². The average molecular weight is 540 g/mol. The smallest absolute Gasteiger partial charge is 0.330 e. The second kappa shape index (κ2) is 11.7. The summed E-state index contributed by atoms with van der Waals surface area (Å²) in [5, 5.41) is 15.0. The standard InChI is InChI=1S/C30H29N5O5/c1-20-18-35(29(38)32-28(20)37)26-17-24(33-34-31)27(36)25(40-26)19-39-30(21-11-5-2-6-12-21,22-13-7-3-8-14-22)23-15-9-4-10-16-23/h2-16,18,24-27,36H,17,19H2,1H3,(H,32,37,38)/t24-,25-,26-,27+/m1/s1. The van der Waals surface area contributed by atoms with E-state index in [1.54, 1.807) is 6.92 Å². The molecule has 1 fully saturated rings. The maximum absolute atomic E-state index is 12.6. The zero-order valence-electron chi connectivity index (χ0n) is 21.8. The predicted molar refractivity (Wildman–Crippen MR) is 149 cm³/mol. The van der Waals surface area contributed by atoms with Gasteiger partial charge in [0.25, 0.3) is 5.56 Å². The second-order valence-corrected chi connectivity index (χ2v) is 9.70. The van der Waals surface area contributed by atoms with Gasteiger partial charge in [-0.3, -0.25) is 14.3 Å². The van der Waals surface area contributed by atoms with Crippen LogP contribution in [0.15, 0.2) is 112 Å². The van der Waals surface area contributed by atoms with Crippen molar-refractivity contribution in [3.8, 4) is 0 Å². The summed E-state index contributed by atoms with van der Waals surface area (Å²) in [6.07, 6.45) is -1.64. The summed E-state index contributed by atoms with van der Waals surface area (Å²) in [5.41, 5.74) is 9.87. The van der Waals surface area contributed by atoms with Crippen molar-refractivity contribution in [2.45, 2.75) is 43.4 Å². The number of azide groups is 1. The first-order valence-corrected chi connectivity index (χ1v) is 12.9. The van der Waals surface area contributed by atoms with Crippen molar-refractivity contribution in [1.82, 2.24) is 9.55 Å². The van der Waals surface area contributed by atoms with E-state index < -0.39 is 41.3 Å². The third-order valence-electron chi connectivity index (χ3n) is 7.21. The number of hydrogen-bond acceptors (Lipinski definition) is 6. The van der Waals surface area contributed by atoms with E-state index in [-0.39, 0.29) is 13.0 Å². The fourth-order valence-electron chi connectivity index (χ4n) is 5.21. The lowest BCUT2D eigenvalue weighted by molar-refractivity contribution is -0.185. The van der Waals surface area contributed by atoms with E-state index in [0.717, 1.165) is 16.7 Å². The number of aryl methyl sites for hydroxylation is 1. The van der Waals surface area contributed by atoms with Gasteiger partial charge in [-0.25, -0.2) is 4.79 Å². The molecule has 4 aromatic rings. The van der Waals surface area contributed by atoms with Gasteiger partial charge in [-0.2, -0.15) is 0 Å². The molecule has 1 saturated heterocycles. The number of aliphatic hydroxyl groups is 1. The van der Waals surface area contributed by atoms with Gasteiger partial charge in [0.15, 0.2) is 0 Å². The highest BCUT2D eigenvalue weighted by Gasteiger charge is 2.43. The number of aliphatic hydroxyl groups excluding tert-OH is 1. The Hall–Kier alpha value is -4.47. The number of aromatic amines is 1. The largest absolute Gasteiger partial charge is 0.390 e. The molecule has 0 spiro atoms. The van der Waals surface area contributed by atoms with Crippen molar-refractivity contribution >= 4 is 0 Å². The van der Waals surface area contributed by atoms with Gasteiger partial charge < -0.3 is 14.6 Å². The van der Waals surface area contributed by atoms with Crippen LogP contribution < -0.4 is 11.2 Å². The van der Waals surface area contributed by atoms with Gasteiger partial charge in [0.1, 0.15) is 17.9 Å². The summed E-state index contributed by atoms with van der Waals surface area (Å²) in [6, 6.07) is 28.4. The van der Waals surface area contributed by atoms with Gasteiger partial charge >= 0.3 is 5.69 Å². The Bertz CT molecular complexity index is 1500. The highest BCUT2D eigenvalue weighted by Crippen LogP contribution is 2.41. The van der Waals surface area contributed by atoms with E-state index in [4.69, 9.17) is 9.47 Å². The number of benzene rings is 3. The minimum atomic E-state index is -1.20. The molecule has 0 amide bonds. The molecule has 1 aliphatic rings. The van der Waals surface area contributed by atoms with Crippen molar-refractivity contribution in [3.05, 3.63) is 151 Å². The lowest BCUT2D eigenvalue weighted by atomic mass is 9.80. The summed E-state index contributed by atoms with van der Waals surface area (Å²) >= 11 is 0. The van der Waals surface area contributed by atoms with E-state index in [9.17, 15) is 20.2 Å². The summed E-state index contributed by atoms with van der Waals surface area (Å²) in [4.78, 5) is 29.8. The van der Waals surface area contributed by atoms with Gasteiger partial charge in [0.2, 0.25) is 0 Å². The number of ether oxygens (including phenoxy) is 2. The Balaban J connectivity index is 1.57. The molecule has 10 nitrogen and oxygen atoms in total. The quantitative estimate of drug-likeness (QED) is 0.149. The Kier molecular flexibility index (Phi) is 7.95. The maximum Gasteiger partial charge on any atom is 0.330 e. The van der Waals surface area contributed by atoms with E-state index in [0.29, 0.717) is 5.56 Å². The first kappa shape index (κ1) is 27.1. The molecule has 3 aromatic carbocycles. The number of aromatic nitrogens is 2. The third-order valence-corrected chi connectivity index (χ3v) is 7.21. The molecule has 4 atom stereocenters. The van der Waals surface area contributed by atoms with Crippen LogP contribution in [0, 0.1) is 6.92 Å². The van der Waals surface area contributed by atoms with E-state index >= 15 is 0 Å². The molecule has 0 bridgehead atoms. The number of rotatable bonds is 8. The molecule has 2 heterocycles. The van der Waals surface area contributed by atoms with Crippen LogP contribution in [0.4, 0.5) is 0 Å². The molecule has 1 aliphatic heterocycles. The van der Waals surface area contributed by atoms with Crippen LogP contribution in [0.2, 0.25) is 0 Å². The molecule has 1 aromatic heterocycles. The van der Waals surface area contributed by atoms with Crippen molar-refractivity contribution in [3.63, 3.8) is 0 Å². The van der Waals surface area contributed by atoms with E-state index in [1.165, 1.54) is 10.8 Å². The SMILES string of the molecule is Cc1cn([C@H]2C[C@@H](N=[N+]=[N-])[C@H](O)[C@@H](COC(c3ccccc3)(c3ccccc3)c3ccccc3)O2)c(=O)[nH]c1=O. The molecular formula is C30H29N5O5. The predicted octanol–water partition coefficient (Wildman–Crippen LogP) is 4.18. The molecule has 0 aliphatic carbocycles. The maximum atomic E-state index is 12.6. The van der Waals surface area contributed by atoms with Crippen molar-refractivity contribution in [2.75, 3.05) is 6.61 Å². The first-order chi connectivity index (χ1) is 19.4. The van der Waals surface area contributed by atoms with Crippen LogP contribution in [-0.4, -0.2) is 39.5 Å². The molecular weight excluding hydrogens is 510 g/mol. The summed E-state index contributed by atoms with van der Waals surface area (Å²) in [6.45, 7) is 1.47. The van der Waals surface area contributed by atoms with Crippen molar-refractivity contribution in [1.29, 1.82) is 0 Å². The highest BCUT2D eigenvalue weighted by atomic mass is 16.6. The Morgan fingerprint density at radius 1 is 1.00 bits per heavy atom. The van der Waals surface area contributed by atoms with Crippen LogP contribution in [-0.2, 0) is 15.1 Å². The summed E-state index contributed by atoms with van der Waals surface area (Å²) < 4.78 is 14.3. The van der Waals surface area contributed by atoms with E-state index in [1.807, 2.05) is 91.0 Å². The fourth-order valence-corrected chi connectivity index (χ4v) is 5.21. The zero-order chi connectivity index (χ0) is 28.1. The minimum absolute atomic E-state index is 0.0360. The van der Waals surface area contributed by atoms with Crippen LogP contribution in [0.25, 0.3) is 10.4 Å². The van der Waals surface area contributed by atoms with Crippen molar-refractivity contribution < 1.29 is 14.6 Å². The first-order valence-electron chi connectivity index (χ1n) is 12.9. The fraction of sp³-hybridized carbons (Fsp3) is 0.267. The summed E-state index contributed by atoms with van der Waals surface area (Å²) in [7, 11) is 0. The lowest BCUT2D eigenvalue weighted by Crippen LogP contribution is -2.51. The van der Waals surface area contributed by atoms with Crippen LogP contribution >= 0.6 is 0 Å². The molecule has 10 heteroatoms. The third kappa shape index (κ3) is 5.21. The topological polar surface area (TPSA) is 142 Å². The monoisotopic (exact) mass is 539 g/mol. The van der Waals surface area contributed by atoms with Gasteiger partial charge in [0.05, 0.1) is 18.8 Å². The Labute approximate surface area is 230 Å². The van der Waals surface area contributed by atoms with Crippen LogP contribution in [0.3, 0.4) is 0 Å². The Morgan fingerprint density at radius 3 is 2.02 bits per heavy atom. The number of hydrogen-bond donors (Lipinski definition) is 2. The molecule has 0 unspecified atom stereocenters. The van der Waals surface area contributed by atoms with Crippen LogP contribution in [0.1, 0.15) is 34.9 Å². The number of nitrogens with zero attached hydrogens (tertiary/aromatic N) is 4. The second-order valence-electron chi connectivity index (χ2n) is 9.70. The molecule has 5 rings (SSSR count). The molecule has 0 saturated carbocycles. The molecule has 40 heavy (non-hydrogen) atoms. The highest BCUT2D eigenvalue weighted by molar-refractivity contribution is 5.47. The minimum Gasteiger partial charge on any atom is -0.390 e. The molecule has 2 N–H and O–H groups in total. The molecule has 0 radical (unpaired) electrons.